The van der Waals surface area contributed by atoms with Crippen molar-refractivity contribution in [3.63, 3.8) is 0 Å². The number of carbonyl (C=O) groups is 1. The summed E-state index contributed by atoms with van der Waals surface area (Å²) < 4.78 is 26.4. The largest absolute Gasteiger partial charge is 0.289 e. The van der Waals surface area contributed by atoms with Crippen molar-refractivity contribution in [1.82, 2.24) is 5.06 Å². The van der Waals surface area contributed by atoms with E-state index in [0.29, 0.717) is 5.92 Å². The van der Waals surface area contributed by atoms with Crippen molar-refractivity contribution in [2.24, 2.45) is 5.92 Å². The van der Waals surface area contributed by atoms with Gasteiger partial charge in [-0.3, -0.25) is 15.1 Å². The Balaban J connectivity index is 2.24. The van der Waals surface area contributed by atoms with Crippen LogP contribution in [-0.2, 0) is 5.92 Å². The van der Waals surface area contributed by atoms with E-state index in [4.69, 9.17) is 0 Å². The fourth-order valence-corrected chi connectivity index (χ4v) is 2.28. The highest BCUT2D eigenvalue weighted by Crippen LogP contribution is 2.36. The molecule has 1 N–H and O–H groups in total. The van der Waals surface area contributed by atoms with Crippen molar-refractivity contribution in [3.05, 3.63) is 58.8 Å². The first-order chi connectivity index (χ1) is 10.7. The zero-order valence-electron chi connectivity index (χ0n) is 13.5. The van der Waals surface area contributed by atoms with Gasteiger partial charge in [0.25, 0.3) is 5.92 Å². The van der Waals surface area contributed by atoms with Crippen LogP contribution in [0.3, 0.4) is 0 Å². The number of carbonyl (C=O) groups excluding carboxylic acids is 1. The summed E-state index contributed by atoms with van der Waals surface area (Å²) in [6.45, 7) is 2.80. The van der Waals surface area contributed by atoms with Gasteiger partial charge in [-0.15, -0.1) is 0 Å². The van der Waals surface area contributed by atoms with Gasteiger partial charge in [0.05, 0.1) is 0 Å². The van der Waals surface area contributed by atoms with Crippen molar-refractivity contribution >= 4 is 5.78 Å². The van der Waals surface area contributed by atoms with E-state index >= 15 is 0 Å². The lowest BCUT2D eigenvalue weighted by molar-refractivity contribution is -0.0264. The molecule has 1 aromatic carbocycles. The summed E-state index contributed by atoms with van der Waals surface area (Å²) in [5.41, 5.74) is 1.36. The average Bonchev–Trinajstić information content (AvgIpc) is 3.30. The van der Waals surface area contributed by atoms with Gasteiger partial charge in [0.2, 0.25) is 5.78 Å². The quantitative estimate of drug-likeness (QED) is 0.362. The van der Waals surface area contributed by atoms with E-state index in [1.54, 1.807) is 6.08 Å². The number of ketones is 1. The van der Waals surface area contributed by atoms with E-state index in [-0.39, 0.29) is 16.8 Å². The molecule has 2 rings (SSSR count). The smallest absolute Gasteiger partial charge is 0.270 e. The molecule has 0 aromatic heterocycles. The molecule has 3 nitrogen and oxygen atoms in total. The molecule has 0 bridgehead atoms. The third-order valence-corrected chi connectivity index (χ3v) is 3.96. The number of hydrogen-bond donors (Lipinski definition) is 1. The van der Waals surface area contributed by atoms with Gasteiger partial charge < -0.3 is 0 Å². The molecule has 5 heteroatoms. The number of rotatable bonds is 6. The highest BCUT2D eigenvalue weighted by atomic mass is 19.3. The number of hydroxylamine groups is 2. The zero-order chi connectivity index (χ0) is 17.2. The minimum Gasteiger partial charge on any atom is -0.289 e. The molecule has 1 aromatic rings. The Morgan fingerprint density at radius 1 is 1.26 bits per heavy atom. The fraction of sp³-hybridized carbons (Fsp3) is 0.389. The van der Waals surface area contributed by atoms with Gasteiger partial charge in [0.15, 0.2) is 0 Å². The van der Waals surface area contributed by atoms with Crippen LogP contribution in [0.5, 0.6) is 0 Å². The third-order valence-electron chi connectivity index (χ3n) is 3.96. The Labute approximate surface area is 134 Å². The molecule has 0 heterocycles. The van der Waals surface area contributed by atoms with Gasteiger partial charge in [0.1, 0.15) is 5.70 Å². The van der Waals surface area contributed by atoms with Crippen molar-refractivity contribution in [1.29, 1.82) is 0 Å². The Morgan fingerprint density at radius 3 is 2.26 bits per heavy atom. The highest BCUT2D eigenvalue weighted by Gasteiger charge is 2.25. The summed E-state index contributed by atoms with van der Waals surface area (Å²) in [6, 6.07) is 5.16. The number of allylic oxidation sites excluding steroid dienone is 4. The standard InChI is InChI=1S/C18H21F2NO2/c1-12(13-5-6-13)4-11-16(21(3)23)17(22)14-7-9-15(10-8-14)18(2,19)20/h4,7-11,13,23H,5-6H2,1-3H3/b12-4+,16-11-. The Kier molecular flexibility index (Phi) is 5.00. The predicted molar refractivity (Wildman–Crippen MR) is 84.5 cm³/mol. The topological polar surface area (TPSA) is 40.5 Å². The molecule has 1 aliphatic rings. The number of Topliss-reactive ketones (excluding diaryl/α,β-unsaturated/α-hetero) is 1. The van der Waals surface area contributed by atoms with E-state index in [0.717, 1.165) is 30.4 Å². The van der Waals surface area contributed by atoms with Gasteiger partial charge in [-0.1, -0.05) is 35.9 Å². The van der Waals surface area contributed by atoms with Crippen molar-refractivity contribution in [3.8, 4) is 0 Å². The minimum absolute atomic E-state index is 0.0982. The van der Waals surface area contributed by atoms with Crippen LogP contribution in [0.1, 0.15) is 42.6 Å². The Bertz CT molecular complexity index is 636. The molecule has 0 atom stereocenters. The first-order valence-electron chi connectivity index (χ1n) is 7.54. The number of alkyl halides is 2. The lowest BCUT2D eigenvalue weighted by Crippen LogP contribution is -2.20. The zero-order valence-corrected chi connectivity index (χ0v) is 13.5. The van der Waals surface area contributed by atoms with Crippen LogP contribution in [0.25, 0.3) is 0 Å². The van der Waals surface area contributed by atoms with Gasteiger partial charge in [0, 0.05) is 25.1 Å². The van der Waals surface area contributed by atoms with Gasteiger partial charge >= 0.3 is 0 Å². The maximum absolute atomic E-state index is 13.2. The second kappa shape index (κ2) is 6.62. The van der Waals surface area contributed by atoms with Crippen molar-refractivity contribution in [2.75, 3.05) is 7.05 Å². The Morgan fingerprint density at radius 2 is 1.83 bits per heavy atom. The van der Waals surface area contributed by atoms with Crippen molar-refractivity contribution < 1.29 is 18.8 Å². The van der Waals surface area contributed by atoms with Crippen LogP contribution >= 0.6 is 0 Å². The molecule has 0 spiro atoms. The van der Waals surface area contributed by atoms with E-state index in [2.05, 4.69) is 0 Å². The number of nitrogens with zero attached hydrogens (tertiary/aromatic N) is 1. The van der Waals surface area contributed by atoms with E-state index in [1.807, 2.05) is 13.0 Å². The summed E-state index contributed by atoms with van der Waals surface area (Å²) in [5.74, 6) is -2.79. The molecule has 1 aliphatic carbocycles. The second-order valence-corrected chi connectivity index (χ2v) is 6.06. The lowest BCUT2D eigenvalue weighted by atomic mass is 10.0. The molecular formula is C18H21F2NO2. The second-order valence-electron chi connectivity index (χ2n) is 6.06. The lowest BCUT2D eigenvalue weighted by Gasteiger charge is -2.15. The number of benzene rings is 1. The Hall–Kier alpha value is -2.01. The molecule has 0 amide bonds. The fourth-order valence-electron chi connectivity index (χ4n) is 2.28. The first kappa shape index (κ1) is 17.3. The maximum atomic E-state index is 13.2. The van der Waals surface area contributed by atoms with Crippen LogP contribution in [-0.4, -0.2) is 23.1 Å². The summed E-state index contributed by atoms with van der Waals surface area (Å²) in [6.07, 6.45) is 5.70. The summed E-state index contributed by atoms with van der Waals surface area (Å²) in [4.78, 5) is 12.5. The number of likely N-dealkylation sites (N-methyl/N-ethyl adjacent to an activating group) is 1. The molecule has 23 heavy (non-hydrogen) atoms. The molecule has 0 radical (unpaired) electrons. The van der Waals surface area contributed by atoms with Crippen LogP contribution in [0.15, 0.2) is 47.7 Å². The van der Waals surface area contributed by atoms with Crippen molar-refractivity contribution in [2.45, 2.75) is 32.6 Å². The predicted octanol–water partition coefficient (Wildman–Crippen LogP) is 4.54. The first-order valence-corrected chi connectivity index (χ1v) is 7.54. The van der Waals surface area contributed by atoms with Gasteiger partial charge in [-0.05, 0) is 31.8 Å². The summed E-state index contributed by atoms with van der Waals surface area (Å²) in [5, 5.41) is 10.4. The maximum Gasteiger partial charge on any atom is 0.270 e. The van der Waals surface area contributed by atoms with Crippen LogP contribution in [0.2, 0.25) is 0 Å². The SMILES string of the molecule is C/C(=C\C=C(\C(=O)c1ccc(C(C)(F)F)cc1)N(C)O)C1CC1. The van der Waals surface area contributed by atoms with Gasteiger partial charge in [-0.2, -0.15) is 0 Å². The average molecular weight is 321 g/mol. The molecule has 0 saturated heterocycles. The number of hydrogen-bond acceptors (Lipinski definition) is 3. The molecule has 124 valence electrons. The van der Waals surface area contributed by atoms with Crippen LogP contribution in [0.4, 0.5) is 8.78 Å². The molecule has 1 fully saturated rings. The molecule has 1 saturated carbocycles. The van der Waals surface area contributed by atoms with Crippen LogP contribution < -0.4 is 0 Å². The summed E-state index contributed by atoms with van der Waals surface area (Å²) >= 11 is 0. The van der Waals surface area contributed by atoms with Gasteiger partial charge in [-0.25, -0.2) is 8.78 Å². The van der Waals surface area contributed by atoms with E-state index < -0.39 is 11.7 Å². The minimum atomic E-state index is -2.95. The normalized spacial score (nSPS) is 16.4. The monoisotopic (exact) mass is 321 g/mol. The molecule has 0 aliphatic heterocycles. The van der Waals surface area contributed by atoms with Crippen LogP contribution in [0, 0.1) is 5.92 Å². The highest BCUT2D eigenvalue weighted by molar-refractivity contribution is 6.08. The van der Waals surface area contributed by atoms with E-state index in [1.165, 1.54) is 31.3 Å². The van der Waals surface area contributed by atoms with E-state index in [9.17, 15) is 18.8 Å². The molecule has 0 unspecified atom stereocenters. The third kappa shape index (κ3) is 4.48. The summed E-state index contributed by atoms with van der Waals surface area (Å²) in [7, 11) is 1.36. The number of halogens is 2. The molecular weight excluding hydrogens is 300 g/mol.